The number of nitrogens with zero attached hydrogens (tertiary/aromatic N) is 3. The monoisotopic (exact) mass is 231 g/mol. The number of aliphatic hydroxyl groups is 1. The van der Waals surface area contributed by atoms with Crippen LogP contribution in [0.4, 0.5) is 0 Å². The highest BCUT2D eigenvalue weighted by Gasteiger charge is 2.31. The molecule has 0 spiro atoms. The van der Waals surface area contributed by atoms with Crippen molar-refractivity contribution in [3.63, 3.8) is 0 Å². The van der Waals surface area contributed by atoms with Crippen LogP contribution in [-0.4, -0.2) is 44.9 Å². The second-order valence-electron chi connectivity index (χ2n) is 4.35. The Morgan fingerprint density at radius 1 is 1.41 bits per heavy atom. The van der Waals surface area contributed by atoms with Crippen LogP contribution < -0.4 is 0 Å². The van der Waals surface area contributed by atoms with E-state index in [1.807, 2.05) is 31.3 Å². The van der Waals surface area contributed by atoms with Gasteiger partial charge in [-0.15, -0.1) is 0 Å². The van der Waals surface area contributed by atoms with Gasteiger partial charge in [0.15, 0.2) is 5.69 Å². The standard InChI is InChI=1S/C12H13N3O2/c1-14-10-5-3-2-4-9(10)11(13-14)12(17)15-6-8(16)7-15/h2-5,8,16H,6-7H2,1H3. The maximum Gasteiger partial charge on any atom is 0.275 e. The van der Waals surface area contributed by atoms with Crippen LogP contribution in [0.25, 0.3) is 10.9 Å². The Morgan fingerprint density at radius 3 is 2.82 bits per heavy atom. The van der Waals surface area contributed by atoms with Crippen LogP contribution in [0, 0.1) is 0 Å². The highest BCUT2D eigenvalue weighted by atomic mass is 16.3. The number of β-amino-alcohol motifs (C(OH)–C–C–N with tert-alkyl or cyclic N) is 1. The van der Waals surface area contributed by atoms with Crippen LogP contribution in [0.15, 0.2) is 24.3 Å². The highest BCUT2D eigenvalue weighted by Crippen LogP contribution is 2.21. The van der Waals surface area contributed by atoms with Crippen molar-refractivity contribution in [3.8, 4) is 0 Å². The maximum absolute atomic E-state index is 12.1. The summed E-state index contributed by atoms with van der Waals surface area (Å²) >= 11 is 0. The van der Waals surface area contributed by atoms with E-state index in [4.69, 9.17) is 0 Å². The summed E-state index contributed by atoms with van der Waals surface area (Å²) in [7, 11) is 1.82. The number of amides is 1. The predicted octanol–water partition coefficient (Wildman–Crippen LogP) is 0.390. The van der Waals surface area contributed by atoms with Gasteiger partial charge in [0.2, 0.25) is 0 Å². The first kappa shape index (κ1) is 10.3. The van der Waals surface area contributed by atoms with E-state index in [2.05, 4.69) is 5.10 Å². The molecule has 5 nitrogen and oxygen atoms in total. The van der Waals surface area contributed by atoms with E-state index < -0.39 is 0 Å². The Labute approximate surface area is 98.3 Å². The molecule has 0 unspecified atom stereocenters. The minimum absolute atomic E-state index is 0.105. The van der Waals surface area contributed by atoms with Gasteiger partial charge in [-0.1, -0.05) is 18.2 Å². The molecule has 0 saturated carbocycles. The lowest BCUT2D eigenvalue weighted by atomic mass is 10.1. The van der Waals surface area contributed by atoms with Crippen molar-refractivity contribution in [1.29, 1.82) is 0 Å². The lowest BCUT2D eigenvalue weighted by Gasteiger charge is -2.35. The van der Waals surface area contributed by atoms with E-state index in [1.54, 1.807) is 9.58 Å². The highest BCUT2D eigenvalue weighted by molar-refractivity contribution is 6.05. The molecule has 1 N–H and O–H groups in total. The van der Waals surface area contributed by atoms with Gasteiger partial charge in [0.05, 0.1) is 11.6 Å². The number of carbonyl (C=O) groups is 1. The Kier molecular flexibility index (Phi) is 2.16. The fourth-order valence-electron chi connectivity index (χ4n) is 2.14. The second-order valence-corrected chi connectivity index (χ2v) is 4.35. The first-order valence-electron chi connectivity index (χ1n) is 5.56. The Morgan fingerprint density at radius 2 is 2.12 bits per heavy atom. The molecule has 0 radical (unpaired) electrons. The van der Waals surface area contributed by atoms with Crippen LogP contribution in [-0.2, 0) is 7.05 Å². The molecule has 1 aromatic carbocycles. The number of rotatable bonds is 1. The summed E-state index contributed by atoms with van der Waals surface area (Å²) in [6.45, 7) is 0.813. The third kappa shape index (κ3) is 1.51. The minimum Gasteiger partial charge on any atom is -0.389 e. The number of benzene rings is 1. The van der Waals surface area contributed by atoms with Crippen LogP contribution in [0.5, 0.6) is 0 Å². The fourth-order valence-corrected chi connectivity index (χ4v) is 2.14. The molecule has 1 aliphatic heterocycles. The topological polar surface area (TPSA) is 58.4 Å². The lowest BCUT2D eigenvalue weighted by molar-refractivity contribution is 0.00558. The van der Waals surface area contributed by atoms with Crippen molar-refractivity contribution in [1.82, 2.24) is 14.7 Å². The average molecular weight is 231 g/mol. The van der Waals surface area contributed by atoms with Crippen LogP contribution in [0.2, 0.25) is 0 Å². The third-order valence-electron chi connectivity index (χ3n) is 3.11. The van der Waals surface area contributed by atoms with Crippen LogP contribution in [0.1, 0.15) is 10.5 Å². The summed E-state index contributed by atoms with van der Waals surface area (Å²) in [6.07, 6.45) is -0.381. The number of aryl methyl sites for hydroxylation is 1. The van der Waals surface area contributed by atoms with Crippen molar-refractivity contribution < 1.29 is 9.90 Å². The number of hydrogen-bond donors (Lipinski definition) is 1. The molecular weight excluding hydrogens is 218 g/mol. The normalized spacial score (nSPS) is 16.2. The van der Waals surface area contributed by atoms with E-state index in [9.17, 15) is 9.90 Å². The molecule has 2 aromatic rings. The van der Waals surface area contributed by atoms with Crippen molar-refractivity contribution in [3.05, 3.63) is 30.0 Å². The van der Waals surface area contributed by atoms with Gasteiger partial charge < -0.3 is 10.0 Å². The van der Waals surface area contributed by atoms with Gasteiger partial charge in [0, 0.05) is 25.5 Å². The summed E-state index contributed by atoms with van der Waals surface area (Å²) in [5.74, 6) is -0.105. The number of carbonyl (C=O) groups excluding carboxylic acids is 1. The van der Waals surface area contributed by atoms with E-state index in [1.165, 1.54) is 0 Å². The zero-order valence-electron chi connectivity index (χ0n) is 9.50. The van der Waals surface area contributed by atoms with Crippen molar-refractivity contribution in [2.45, 2.75) is 6.10 Å². The minimum atomic E-state index is -0.381. The predicted molar refractivity (Wildman–Crippen MR) is 62.6 cm³/mol. The molecule has 0 atom stereocenters. The number of para-hydroxylation sites is 1. The van der Waals surface area contributed by atoms with Gasteiger partial charge in [-0.25, -0.2) is 0 Å². The lowest BCUT2D eigenvalue weighted by Crippen LogP contribution is -2.53. The van der Waals surface area contributed by atoms with Crippen molar-refractivity contribution >= 4 is 16.8 Å². The van der Waals surface area contributed by atoms with Gasteiger partial charge in [0.25, 0.3) is 5.91 Å². The fraction of sp³-hybridized carbons (Fsp3) is 0.333. The van der Waals surface area contributed by atoms with Gasteiger partial charge in [-0.2, -0.15) is 5.10 Å². The molecule has 1 aromatic heterocycles. The molecular formula is C12H13N3O2. The first-order chi connectivity index (χ1) is 8.16. The van der Waals surface area contributed by atoms with Crippen LogP contribution in [0.3, 0.4) is 0 Å². The Bertz CT molecular complexity index is 584. The molecule has 0 bridgehead atoms. The summed E-state index contributed by atoms with van der Waals surface area (Å²) in [5, 5.41) is 14.3. The summed E-state index contributed by atoms with van der Waals surface area (Å²) in [5.41, 5.74) is 1.41. The van der Waals surface area contributed by atoms with E-state index in [0.717, 1.165) is 10.9 Å². The molecule has 3 rings (SSSR count). The number of aromatic nitrogens is 2. The smallest absolute Gasteiger partial charge is 0.275 e. The number of aliphatic hydroxyl groups excluding tert-OH is 1. The van der Waals surface area contributed by atoms with Gasteiger partial charge >= 0.3 is 0 Å². The number of fused-ring (bicyclic) bond motifs is 1. The molecule has 1 saturated heterocycles. The molecule has 0 aliphatic carbocycles. The molecule has 17 heavy (non-hydrogen) atoms. The van der Waals surface area contributed by atoms with Crippen LogP contribution >= 0.6 is 0 Å². The molecule has 1 aliphatic rings. The third-order valence-corrected chi connectivity index (χ3v) is 3.11. The maximum atomic E-state index is 12.1. The Hall–Kier alpha value is -1.88. The molecule has 2 heterocycles. The summed E-state index contributed by atoms with van der Waals surface area (Å²) in [4.78, 5) is 13.7. The first-order valence-corrected chi connectivity index (χ1v) is 5.56. The van der Waals surface area contributed by atoms with Gasteiger partial charge in [-0.3, -0.25) is 9.48 Å². The van der Waals surface area contributed by atoms with E-state index >= 15 is 0 Å². The SMILES string of the molecule is Cn1nc(C(=O)N2CC(O)C2)c2ccccc21. The van der Waals surface area contributed by atoms with Crippen molar-refractivity contribution in [2.75, 3.05) is 13.1 Å². The second kappa shape index (κ2) is 3.56. The zero-order valence-corrected chi connectivity index (χ0v) is 9.50. The van der Waals surface area contributed by atoms with E-state index in [-0.39, 0.29) is 12.0 Å². The summed E-state index contributed by atoms with van der Waals surface area (Å²) in [6, 6.07) is 7.65. The molecule has 5 heteroatoms. The zero-order chi connectivity index (χ0) is 12.0. The van der Waals surface area contributed by atoms with Gasteiger partial charge in [0.1, 0.15) is 0 Å². The van der Waals surface area contributed by atoms with Gasteiger partial charge in [-0.05, 0) is 6.07 Å². The van der Waals surface area contributed by atoms with Crippen molar-refractivity contribution in [2.24, 2.45) is 7.05 Å². The molecule has 1 fully saturated rings. The number of likely N-dealkylation sites (tertiary alicyclic amines) is 1. The number of hydrogen-bond acceptors (Lipinski definition) is 3. The average Bonchev–Trinajstić information content (AvgIpc) is 2.63. The molecule has 88 valence electrons. The van der Waals surface area contributed by atoms with E-state index in [0.29, 0.717) is 18.8 Å². The quantitative estimate of drug-likeness (QED) is 0.772. The molecule has 1 amide bonds. The largest absolute Gasteiger partial charge is 0.389 e. The Balaban J connectivity index is 2.03. The summed E-state index contributed by atoms with van der Waals surface area (Å²) < 4.78 is 1.71.